The summed E-state index contributed by atoms with van der Waals surface area (Å²) in [6.45, 7) is 3.78. The third-order valence-corrected chi connectivity index (χ3v) is 1.90. The first-order valence-electron chi connectivity index (χ1n) is 4.82. The summed E-state index contributed by atoms with van der Waals surface area (Å²) >= 11 is 0. The second kappa shape index (κ2) is 9.89. The number of nitrogens with two attached hydrogens (primary N) is 1. The van der Waals surface area contributed by atoms with Crippen LogP contribution < -0.4 is 5.73 Å². The molecule has 4 heteroatoms. The molecule has 0 unspecified atom stereocenters. The standard InChI is InChI=1S/C9H21FN2O/c1-13-9-8-12(6-2-4-10)7-3-5-11/h2-9,11H2,1H3. The first-order chi connectivity index (χ1) is 6.35. The molecule has 0 bridgehead atoms. The fourth-order valence-electron chi connectivity index (χ4n) is 1.15. The molecular weight excluding hydrogens is 171 g/mol. The zero-order valence-corrected chi connectivity index (χ0v) is 8.47. The maximum atomic E-state index is 11.9. The molecule has 80 valence electrons. The van der Waals surface area contributed by atoms with Crippen molar-refractivity contribution in [2.75, 3.05) is 46.6 Å². The van der Waals surface area contributed by atoms with E-state index in [4.69, 9.17) is 10.5 Å². The van der Waals surface area contributed by atoms with E-state index in [1.807, 2.05) is 0 Å². The monoisotopic (exact) mass is 192 g/mol. The summed E-state index contributed by atoms with van der Waals surface area (Å²) in [5, 5.41) is 0. The van der Waals surface area contributed by atoms with Crippen LogP contribution in [0.25, 0.3) is 0 Å². The van der Waals surface area contributed by atoms with Crippen molar-refractivity contribution in [3.05, 3.63) is 0 Å². The van der Waals surface area contributed by atoms with Gasteiger partial charge in [-0.15, -0.1) is 0 Å². The van der Waals surface area contributed by atoms with Crippen LogP contribution in [0.5, 0.6) is 0 Å². The van der Waals surface area contributed by atoms with Crippen molar-refractivity contribution in [1.82, 2.24) is 4.90 Å². The van der Waals surface area contributed by atoms with E-state index in [1.54, 1.807) is 7.11 Å². The molecule has 0 fully saturated rings. The van der Waals surface area contributed by atoms with Crippen LogP contribution in [-0.4, -0.2) is 51.5 Å². The van der Waals surface area contributed by atoms with Crippen molar-refractivity contribution in [3.63, 3.8) is 0 Å². The molecule has 0 aromatic rings. The maximum absolute atomic E-state index is 11.9. The van der Waals surface area contributed by atoms with Gasteiger partial charge in [0.2, 0.25) is 0 Å². The Labute approximate surface area is 80.0 Å². The normalized spacial score (nSPS) is 11.1. The molecule has 0 aromatic heterocycles. The SMILES string of the molecule is COCCN(CCCN)CCCF. The highest BCUT2D eigenvalue weighted by molar-refractivity contribution is 4.57. The first-order valence-corrected chi connectivity index (χ1v) is 4.82. The fraction of sp³-hybridized carbons (Fsp3) is 1.00. The quantitative estimate of drug-likeness (QED) is 0.583. The van der Waals surface area contributed by atoms with Crippen LogP contribution in [-0.2, 0) is 4.74 Å². The van der Waals surface area contributed by atoms with Gasteiger partial charge in [0.05, 0.1) is 13.3 Å². The van der Waals surface area contributed by atoms with E-state index in [9.17, 15) is 4.39 Å². The van der Waals surface area contributed by atoms with Crippen molar-refractivity contribution in [1.29, 1.82) is 0 Å². The lowest BCUT2D eigenvalue weighted by molar-refractivity contribution is 0.144. The average Bonchev–Trinajstić information content (AvgIpc) is 2.17. The number of nitrogens with zero attached hydrogens (tertiary/aromatic N) is 1. The molecule has 0 heterocycles. The molecule has 0 saturated heterocycles. The number of rotatable bonds is 9. The van der Waals surface area contributed by atoms with Gasteiger partial charge in [-0.1, -0.05) is 0 Å². The van der Waals surface area contributed by atoms with Crippen molar-refractivity contribution < 1.29 is 9.13 Å². The topological polar surface area (TPSA) is 38.5 Å². The van der Waals surface area contributed by atoms with E-state index in [2.05, 4.69) is 4.90 Å². The van der Waals surface area contributed by atoms with Gasteiger partial charge in [0.15, 0.2) is 0 Å². The van der Waals surface area contributed by atoms with Gasteiger partial charge in [-0.3, -0.25) is 4.39 Å². The molecule has 0 saturated carbocycles. The molecular formula is C9H21FN2O. The number of alkyl halides is 1. The Hall–Kier alpha value is -0.190. The molecule has 0 aliphatic carbocycles. The Morgan fingerprint density at radius 2 is 1.92 bits per heavy atom. The second-order valence-electron chi connectivity index (χ2n) is 3.02. The highest BCUT2D eigenvalue weighted by Crippen LogP contribution is 1.94. The highest BCUT2D eigenvalue weighted by Gasteiger charge is 2.02. The molecule has 0 atom stereocenters. The molecule has 0 radical (unpaired) electrons. The van der Waals surface area contributed by atoms with Crippen molar-refractivity contribution >= 4 is 0 Å². The molecule has 2 N–H and O–H groups in total. The molecule has 0 amide bonds. The Bertz CT molecular complexity index is 84.6. The molecule has 0 aliphatic rings. The van der Waals surface area contributed by atoms with E-state index in [1.165, 1.54) is 0 Å². The van der Waals surface area contributed by atoms with E-state index in [-0.39, 0.29) is 6.67 Å². The Morgan fingerprint density at radius 3 is 2.46 bits per heavy atom. The predicted molar refractivity (Wildman–Crippen MR) is 52.6 cm³/mol. The summed E-state index contributed by atoms with van der Waals surface area (Å²) in [6.07, 6.45) is 1.57. The largest absolute Gasteiger partial charge is 0.383 e. The average molecular weight is 192 g/mol. The van der Waals surface area contributed by atoms with Crippen LogP contribution in [0.4, 0.5) is 4.39 Å². The van der Waals surface area contributed by atoms with Crippen LogP contribution in [0.2, 0.25) is 0 Å². The van der Waals surface area contributed by atoms with Gasteiger partial charge >= 0.3 is 0 Å². The van der Waals surface area contributed by atoms with Gasteiger partial charge < -0.3 is 15.4 Å². The van der Waals surface area contributed by atoms with E-state index >= 15 is 0 Å². The van der Waals surface area contributed by atoms with Gasteiger partial charge in [-0.25, -0.2) is 0 Å². The predicted octanol–water partition coefficient (Wildman–Crippen LogP) is 0.643. The Balaban J connectivity index is 3.47. The number of hydrogen-bond acceptors (Lipinski definition) is 3. The van der Waals surface area contributed by atoms with Gasteiger partial charge in [0.25, 0.3) is 0 Å². The van der Waals surface area contributed by atoms with Gasteiger partial charge in [0, 0.05) is 20.2 Å². The number of halogens is 1. The molecule has 13 heavy (non-hydrogen) atoms. The second-order valence-corrected chi connectivity index (χ2v) is 3.02. The summed E-state index contributed by atoms with van der Waals surface area (Å²) in [5.74, 6) is 0. The molecule has 0 spiro atoms. The summed E-state index contributed by atoms with van der Waals surface area (Å²) < 4.78 is 16.9. The number of hydrogen-bond donors (Lipinski definition) is 1. The van der Waals surface area contributed by atoms with Crippen molar-refractivity contribution in [2.45, 2.75) is 12.8 Å². The minimum atomic E-state index is -0.244. The number of ether oxygens (including phenoxy) is 1. The van der Waals surface area contributed by atoms with Crippen LogP contribution in [0.1, 0.15) is 12.8 Å². The minimum Gasteiger partial charge on any atom is -0.383 e. The Kier molecular flexibility index (Phi) is 9.75. The Morgan fingerprint density at radius 1 is 1.23 bits per heavy atom. The first kappa shape index (κ1) is 12.8. The van der Waals surface area contributed by atoms with E-state index < -0.39 is 0 Å². The van der Waals surface area contributed by atoms with Gasteiger partial charge in [-0.05, 0) is 25.9 Å². The summed E-state index contributed by atoms with van der Waals surface area (Å²) in [6, 6.07) is 0. The van der Waals surface area contributed by atoms with E-state index in [0.29, 0.717) is 19.6 Å². The van der Waals surface area contributed by atoms with Crippen molar-refractivity contribution in [2.24, 2.45) is 5.73 Å². The van der Waals surface area contributed by atoms with Crippen LogP contribution >= 0.6 is 0 Å². The fourth-order valence-corrected chi connectivity index (χ4v) is 1.15. The van der Waals surface area contributed by atoms with Crippen LogP contribution in [0.15, 0.2) is 0 Å². The smallest absolute Gasteiger partial charge is 0.0906 e. The maximum Gasteiger partial charge on any atom is 0.0906 e. The molecule has 0 aromatic carbocycles. The molecule has 3 nitrogen and oxygen atoms in total. The van der Waals surface area contributed by atoms with Crippen LogP contribution in [0, 0.1) is 0 Å². The third-order valence-electron chi connectivity index (χ3n) is 1.90. The van der Waals surface area contributed by atoms with Crippen LogP contribution in [0.3, 0.4) is 0 Å². The third kappa shape index (κ3) is 8.15. The summed E-state index contributed by atoms with van der Waals surface area (Å²) in [7, 11) is 1.68. The van der Waals surface area contributed by atoms with E-state index in [0.717, 1.165) is 26.1 Å². The molecule has 0 aliphatic heterocycles. The minimum absolute atomic E-state index is 0.244. The summed E-state index contributed by atoms with van der Waals surface area (Å²) in [4.78, 5) is 2.19. The van der Waals surface area contributed by atoms with Gasteiger partial charge in [-0.2, -0.15) is 0 Å². The molecule has 0 rings (SSSR count). The lowest BCUT2D eigenvalue weighted by Gasteiger charge is -2.20. The summed E-state index contributed by atoms with van der Waals surface area (Å²) in [5.41, 5.74) is 5.40. The lowest BCUT2D eigenvalue weighted by Crippen LogP contribution is -2.31. The van der Waals surface area contributed by atoms with Gasteiger partial charge in [0.1, 0.15) is 0 Å². The highest BCUT2D eigenvalue weighted by atomic mass is 19.1. The number of methoxy groups -OCH3 is 1. The lowest BCUT2D eigenvalue weighted by atomic mass is 10.3. The zero-order valence-electron chi connectivity index (χ0n) is 8.47. The zero-order chi connectivity index (χ0) is 9.94. The van der Waals surface area contributed by atoms with Crippen molar-refractivity contribution in [3.8, 4) is 0 Å².